The Morgan fingerprint density at radius 3 is 1.15 bits per heavy atom. The molecule has 0 fully saturated rings. The van der Waals surface area contributed by atoms with Crippen LogP contribution in [0, 0.1) is 0 Å². The van der Waals surface area contributed by atoms with Crippen LogP contribution in [-0.2, 0) is 28.4 Å². The number of rotatable bonds is 19. The van der Waals surface area contributed by atoms with E-state index in [4.69, 9.17) is 28.4 Å². The maximum atomic E-state index is 5.81. The zero-order valence-electron chi connectivity index (χ0n) is 18.7. The lowest BCUT2D eigenvalue weighted by atomic mass is 10.3. The molecular weight excluding hydrogens is 348 g/mol. The van der Waals surface area contributed by atoms with Crippen molar-refractivity contribution in [1.29, 1.82) is 0 Å². The molecule has 0 aromatic carbocycles. The lowest BCUT2D eigenvalue weighted by molar-refractivity contribution is -0.0993. The minimum Gasteiger partial charge on any atom is -0.379 e. The molecule has 6 heteroatoms. The van der Waals surface area contributed by atoms with Gasteiger partial charge in [0.25, 0.3) is 0 Å². The summed E-state index contributed by atoms with van der Waals surface area (Å²) in [6.45, 7) is 18.7. The summed E-state index contributed by atoms with van der Waals surface area (Å²) in [6, 6.07) is 0. The van der Waals surface area contributed by atoms with Crippen LogP contribution in [0.25, 0.3) is 0 Å². The topological polar surface area (TPSA) is 55.4 Å². The highest BCUT2D eigenvalue weighted by molar-refractivity contribution is 4.57. The summed E-state index contributed by atoms with van der Waals surface area (Å²) < 4.78 is 34.2. The molecule has 0 aliphatic heterocycles. The van der Waals surface area contributed by atoms with Crippen molar-refractivity contribution in [3.8, 4) is 0 Å². The molecule has 5 atom stereocenters. The highest BCUT2D eigenvalue weighted by Gasteiger charge is 2.12. The summed E-state index contributed by atoms with van der Waals surface area (Å²) in [6.07, 6.45) is 2.31. The van der Waals surface area contributed by atoms with Crippen molar-refractivity contribution in [1.82, 2.24) is 0 Å². The van der Waals surface area contributed by atoms with Gasteiger partial charge in [0.1, 0.15) is 0 Å². The largest absolute Gasteiger partial charge is 0.379 e. The van der Waals surface area contributed by atoms with E-state index in [1.807, 2.05) is 34.6 Å². The highest BCUT2D eigenvalue weighted by atomic mass is 16.6. The van der Waals surface area contributed by atoms with E-state index in [9.17, 15) is 0 Å². The van der Waals surface area contributed by atoms with Crippen molar-refractivity contribution < 1.29 is 28.4 Å². The van der Waals surface area contributed by atoms with Gasteiger partial charge in [0.15, 0.2) is 0 Å². The first-order valence-corrected chi connectivity index (χ1v) is 10.5. The fraction of sp³-hybridized carbons (Fsp3) is 1.00. The van der Waals surface area contributed by atoms with Crippen molar-refractivity contribution in [2.45, 2.75) is 91.8 Å². The van der Waals surface area contributed by atoms with Crippen molar-refractivity contribution in [2.75, 3.05) is 46.2 Å². The van der Waals surface area contributed by atoms with Gasteiger partial charge in [-0.2, -0.15) is 0 Å². The van der Waals surface area contributed by atoms with Gasteiger partial charge in [0.05, 0.1) is 63.6 Å². The zero-order chi connectivity index (χ0) is 20.5. The van der Waals surface area contributed by atoms with E-state index in [1.165, 1.54) is 0 Å². The minimum absolute atomic E-state index is 0.0116. The van der Waals surface area contributed by atoms with Crippen LogP contribution in [0.3, 0.4) is 0 Å². The Morgan fingerprint density at radius 1 is 0.444 bits per heavy atom. The van der Waals surface area contributed by atoms with Crippen molar-refractivity contribution in [3.63, 3.8) is 0 Å². The van der Waals surface area contributed by atoms with Gasteiger partial charge in [-0.3, -0.25) is 0 Å². The standard InChI is InChI=1S/C21H44O6/c1-8-10-22-12-17(3)24-14-19(5)26-16-21(7)27-15-20(6)25-13-18(4)23-11-9-2/h17-21H,8-16H2,1-7H3. The second kappa shape index (κ2) is 17.8. The molecule has 0 N–H and O–H groups in total. The van der Waals surface area contributed by atoms with E-state index in [-0.39, 0.29) is 30.5 Å². The monoisotopic (exact) mass is 392 g/mol. The zero-order valence-corrected chi connectivity index (χ0v) is 18.7. The molecule has 0 radical (unpaired) electrons. The molecule has 0 amide bonds. The Kier molecular flexibility index (Phi) is 17.7. The highest BCUT2D eigenvalue weighted by Crippen LogP contribution is 2.03. The quantitative estimate of drug-likeness (QED) is 0.311. The average Bonchev–Trinajstić information content (AvgIpc) is 2.65. The summed E-state index contributed by atoms with van der Waals surface area (Å²) in [5.74, 6) is 0. The number of hydrogen-bond donors (Lipinski definition) is 0. The first-order chi connectivity index (χ1) is 12.9. The third-order valence-electron chi connectivity index (χ3n) is 3.77. The summed E-state index contributed by atoms with van der Waals surface area (Å²) in [5.41, 5.74) is 0. The molecule has 0 bridgehead atoms. The van der Waals surface area contributed by atoms with Crippen LogP contribution >= 0.6 is 0 Å². The molecule has 0 spiro atoms. The third kappa shape index (κ3) is 17.6. The second-order valence-electron chi connectivity index (χ2n) is 7.33. The van der Waals surface area contributed by atoms with Crippen LogP contribution in [0.15, 0.2) is 0 Å². The Hall–Kier alpha value is -0.240. The first-order valence-electron chi connectivity index (χ1n) is 10.5. The Balaban J connectivity index is 3.69. The summed E-state index contributed by atoms with van der Waals surface area (Å²) in [4.78, 5) is 0. The first kappa shape index (κ1) is 26.8. The maximum Gasteiger partial charge on any atom is 0.0781 e. The van der Waals surface area contributed by atoms with Gasteiger partial charge < -0.3 is 28.4 Å². The number of ether oxygens (including phenoxy) is 6. The van der Waals surface area contributed by atoms with Gasteiger partial charge in [-0.25, -0.2) is 0 Å². The van der Waals surface area contributed by atoms with E-state index < -0.39 is 0 Å². The molecule has 0 heterocycles. The smallest absolute Gasteiger partial charge is 0.0781 e. The molecule has 0 aromatic heterocycles. The normalized spacial score (nSPS) is 17.4. The van der Waals surface area contributed by atoms with Crippen LogP contribution in [0.4, 0.5) is 0 Å². The molecule has 6 nitrogen and oxygen atoms in total. The van der Waals surface area contributed by atoms with Gasteiger partial charge >= 0.3 is 0 Å². The molecule has 5 unspecified atom stereocenters. The van der Waals surface area contributed by atoms with Crippen molar-refractivity contribution >= 4 is 0 Å². The molecular formula is C21H44O6. The summed E-state index contributed by atoms with van der Waals surface area (Å²) >= 11 is 0. The van der Waals surface area contributed by atoms with E-state index in [0.717, 1.165) is 26.1 Å². The second-order valence-corrected chi connectivity index (χ2v) is 7.33. The molecule has 164 valence electrons. The molecule has 0 aliphatic rings. The predicted octanol–water partition coefficient (Wildman–Crippen LogP) is 3.85. The predicted molar refractivity (Wildman–Crippen MR) is 108 cm³/mol. The van der Waals surface area contributed by atoms with Crippen LogP contribution in [0.5, 0.6) is 0 Å². The third-order valence-corrected chi connectivity index (χ3v) is 3.77. The fourth-order valence-corrected chi connectivity index (χ4v) is 2.15. The van der Waals surface area contributed by atoms with Gasteiger partial charge in [0.2, 0.25) is 0 Å². The summed E-state index contributed by atoms with van der Waals surface area (Å²) in [7, 11) is 0. The molecule has 27 heavy (non-hydrogen) atoms. The fourth-order valence-electron chi connectivity index (χ4n) is 2.15. The molecule has 0 aromatic rings. The average molecular weight is 393 g/mol. The van der Waals surface area contributed by atoms with Crippen molar-refractivity contribution in [2.24, 2.45) is 0 Å². The number of hydrogen-bond acceptors (Lipinski definition) is 6. The van der Waals surface area contributed by atoms with Crippen molar-refractivity contribution in [3.05, 3.63) is 0 Å². The van der Waals surface area contributed by atoms with Crippen LogP contribution in [0.1, 0.15) is 61.3 Å². The van der Waals surface area contributed by atoms with E-state index >= 15 is 0 Å². The van der Waals surface area contributed by atoms with E-state index in [1.54, 1.807) is 0 Å². The lowest BCUT2D eigenvalue weighted by Crippen LogP contribution is -2.29. The molecule has 0 saturated heterocycles. The Morgan fingerprint density at radius 2 is 0.778 bits per heavy atom. The Labute approximate surface area is 167 Å². The van der Waals surface area contributed by atoms with Gasteiger partial charge in [-0.1, -0.05) is 13.8 Å². The molecule has 0 aliphatic carbocycles. The lowest BCUT2D eigenvalue weighted by Gasteiger charge is -2.22. The SMILES string of the molecule is CCCOCC(C)OCC(C)OCC(C)OCC(C)OCC(C)OCCC. The summed E-state index contributed by atoms with van der Waals surface area (Å²) in [5, 5.41) is 0. The van der Waals surface area contributed by atoms with Crippen LogP contribution < -0.4 is 0 Å². The minimum atomic E-state index is 0.0116. The molecule has 0 rings (SSSR count). The van der Waals surface area contributed by atoms with Crippen LogP contribution in [0.2, 0.25) is 0 Å². The van der Waals surface area contributed by atoms with Gasteiger partial charge in [-0.05, 0) is 47.5 Å². The Bertz CT molecular complexity index is 315. The maximum absolute atomic E-state index is 5.81. The van der Waals surface area contributed by atoms with Gasteiger partial charge in [0, 0.05) is 13.2 Å². The van der Waals surface area contributed by atoms with Gasteiger partial charge in [-0.15, -0.1) is 0 Å². The van der Waals surface area contributed by atoms with E-state index in [2.05, 4.69) is 13.8 Å². The molecule has 0 saturated carbocycles. The van der Waals surface area contributed by atoms with E-state index in [0.29, 0.717) is 33.0 Å². The van der Waals surface area contributed by atoms with Crippen LogP contribution in [-0.4, -0.2) is 76.8 Å².